The number of H-pyrrole nitrogens is 1. The van der Waals surface area contributed by atoms with Crippen LogP contribution in [0.1, 0.15) is 42.5 Å². The van der Waals surface area contributed by atoms with Crippen LogP contribution in [-0.4, -0.2) is 9.91 Å². The maximum absolute atomic E-state index is 11.3. The number of aromatic nitrogens is 1. The average molecular weight is 320 g/mol. The summed E-state index contributed by atoms with van der Waals surface area (Å²) >= 11 is 0. The van der Waals surface area contributed by atoms with Gasteiger partial charge in [0.05, 0.1) is 22.4 Å². The number of benzene rings is 1. The Bertz CT molecular complexity index is 798. The van der Waals surface area contributed by atoms with Crippen LogP contribution in [-0.2, 0) is 0 Å². The number of allylic oxidation sites excluding steroid dienone is 4. The van der Waals surface area contributed by atoms with E-state index in [1.165, 1.54) is 18.2 Å². The third-order valence-corrected chi connectivity index (χ3v) is 4.17. The van der Waals surface area contributed by atoms with E-state index in [0.29, 0.717) is 5.56 Å². The van der Waals surface area contributed by atoms with Crippen LogP contribution in [0.5, 0.6) is 0 Å². The van der Waals surface area contributed by atoms with Crippen molar-refractivity contribution in [3.8, 4) is 0 Å². The van der Waals surface area contributed by atoms with Crippen molar-refractivity contribution in [1.29, 1.82) is 0 Å². The fourth-order valence-electron chi connectivity index (χ4n) is 2.96. The van der Waals surface area contributed by atoms with Gasteiger partial charge in [-0.1, -0.05) is 54.6 Å². The van der Waals surface area contributed by atoms with E-state index in [1.54, 1.807) is 0 Å². The molecule has 0 saturated carbocycles. The Morgan fingerprint density at radius 1 is 1.08 bits per heavy atom. The van der Waals surface area contributed by atoms with Gasteiger partial charge in [0, 0.05) is 0 Å². The third-order valence-electron chi connectivity index (χ3n) is 4.17. The molecule has 1 aliphatic carbocycles. The molecule has 1 aromatic heterocycles. The molecule has 4 heteroatoms. The van der Waals surface area contributed by atoms with Gasteiger partial charge < -0.3 is 4.98 Å². The van der Waals surface area contributed by atoms with E-state index in [9.17, 15) is 10.1 Å². The van der Waals surface area contributed by atoms with Crippen LogP contribution in [0.4, 0.5) is 5.69 Å². The van der Waals surface area contributed by atoms with E-state index >= 15 is 0 Å². The second kappa shape index (κ2) is 7.59. The highest BCUT2D eigenvalue weighted by molar-refractivity contribution is 5.78. The summed E-state index contributed by atoms with van der Waals surface area (Å²) in [5.74, 6) is 0. The first-order valence-electron chi connectivity index (χ1n) is 8.20. The number of hydrogen-bond donors (Lipinski definition) is 1. The molecule has 1 aliphatic rings. The Morgan fingerprint density at radius 3 is 2.58 bits per heavy atom. The number of nitrogens with zero attached hydrogens (tertiary/aromatic N) is 1. The number of rotatable bonds is 5. The van der Waals surface area contributed by atoms with Gasteiger partial charge >= 0.3 is 0 Å². The second-order valence-corrected chi connectivity index (χ2v) is 5.82. The fraction of sp³-hybridized carbons (Fsp3) is 0.200. The lowest BCUT2D eigenvalue weighted by Gasteiger charge is -2.11. The first-order valence-corrected chi connectivity index (χ1v) is 8.20. The molecule has 2 aromatic rings. The fourth-order valence-corrected chi connectivity index (χ4v) is 2.96. The van der Waals surface area contributed by atoms with Crippen LogP contribution >= 0.6 is 0 Å². The van der Waals surface area contributed by atoms with Gasteiger partial charge in [-0.25, -0.2) is 0 Å². The maximum atomic E-state index is 11.3. The van der Waals surface area contributed by atoms with Crippen LogP contribution in [0.2, 0.25) is 0 Å². The van der Waals surface area contributed by atoms with E-state index in [-0.39, 0.29) is 10.6 Å². The lowest BCUT2D eigenvalue weighted by atomic mass is 9.95. The van der Waals surface area contributed by atoms with Crippen LogP contribution < -0.4 is 0 Å². The topological polar surface area (TPSA) is 58.9 Å². The van der Waals surface area contributed by atoms with Crippen LogP contribution in [0, 0.1) is 10.1 Å². The molecular weight excluding hydrogens is 300 g/mol. The van der Waals surface area contributed by atoms with Crippen molar-refractivity contribution in [3.63, 3.8) is 0 Å². The highest BCUT2D eigenvalue weighted by atomic mass is 16.6. The zero-order chi connectivity index (χ0) is 16.8. The van der Waals surface area contributed by atoms with E-state index in [1.807, 2.05) is 54.6 Å². The molecule has 0 fully saturated rings. The van der Waals surface area contributed by atoms with Gasteiger partial charge in [-0.05, 0) is 42.9 Å². The smallest absolute Gasteiger partial charge is 0.294 e. The Hall–Kier alpha value is -2.88. The summed E-state index contributed by atoms with van der Waals surface area (Å²) in [6.07, 6.45) is 15.6. The summed E-state index contributed by atoms with van der Waals surface area (Å²) in [4.78, 5) is 14.1. The lowest BCUT2D eigenvalue weighted by molar-refractivity contribution is -0.384. The van der Waals surface area contributed by atoms with E-state index in [0.717, 1.165) is 30.5 Å². The van der Waals surface area contributed by atoms with Crippen molar-refractivity contribution in [1.82, 2.24) is 4.98 Å². The molecule has 0 bridgehead atoms. The predicted molar refractivity (Wildman–Crippen MR) is 98.4 cm³/mol. The van der Waals surface area contributed by atoms with Crippen molar-refractivity contribution in [2.75, 3.05) is 0 Å². The lowest BCUT2D eigenvalue weighted by Crippen LogP contribution is -1.95. The molecule has 0 atom stereocenters. The predicted octanol–water partition coefficient (Wildman–Crippen LogP) is 5.61. The van der Waals surface area contributed by atoms with E-state index in [4.69, 9.17) is 0 Å². The Labute approximate surface area is 141 Å². The minimum absolute atomic E-state index is 0.126. The molecule has 0 radical (unpaired) electrons. The molecule has 0 aliphatic heterocycles. The molecule has 24 heavy (non-hydrogen) atoms. The summed E-state index contributed by atoms with van der Waals surface area (Å²) < 4.78 is 0. The zero-order valence-corrected chi connectivity index (χ0v) is 13.4. The first-order chi connectivity index (χ1) is 11.8. The Kier molecular flexibility index (Phi) is 5.06. The van der Waals surface area contributed by atoms with Crippen molar-refractivity contribution in [2.45, 2.75) is 25.7 Å². The van der Waals surface area contributed by atoms with Gasteiger partial charge in [-0.3, -0.25) is 10.1 Å². The standard InChI is InChI=1S/C20H20N2O2/c23-22(24)19-15-21-20(17-12-5-2-6-13-17)18(19)14-8-7-11-16-9-3-1-4-10-16/h1,3-4,7-12,14-15,21H,2,5-6,13H2/b11-7+,14-8+. The minimum Gasteiger partial charge on any atom is -0.355 e. The van der Waals surface area contributed by atoms with Crippen LogP contribution in [0.3, 0.4) is 0 Å². The van der Waals surface area contributed by atoms with Crippen molar-refractivity contribution in [3.05, 3.63) is 81.7 Å². The quantitative estimate of drug-likeness (QED) is 0.442. The molecule has 0 spiro atoms. The van der Waals surface area contributed by atoms with Gasteiger partial charge in [0.15, 0.2) is 0 Å². The van der Waals surface area contributed by atoms with Crippen molar-refractivity contribution in [2.24, 2.45) is 0 Å². The molecule has 122 valence electrons. The summed E-state index contributed by atoms with van der Waals surface area (Å²) in [6.45, 7) is 0. The van der Waals surface area contributed by atoms with Gasteiger partial charge in [0.25, 0.3) is 5.69 Å². The number of hydrogen-bond acceptors (Lipinski definition) is 2. The largest absolute Gasteiger partial charge is 0.355 e. The normalized spacial score (nSPS) is 15.1. The van der Waals surface area contributed by atoms with E-state index in [2.05, 4.69) is 11.1 Å². The molecular formula is C20H20N2O2. The average Bonchev–Trinajstić information content (AvgIpc) is 3.04. The molecule has 1 N–H and O–H groups in total. The molecule has 0 amide bonds. The number of nitro groups is 1. The van der Waals surface area contributed by atoms with Gasteiger partial charge in [-0.2, -0.15) is 0 Å². The van der Waals surface area contributed by atoms with E-state index < -0.39 is 0 Å². The first kappa shape index (κ1) is 16.0. The Balaban J connectivity index is 1.86. The number of aromatic amines is 1. The summed E-state index contributed by atoms with van der Waals surface area (Å²) in [6, 6.07) is 9.96. The van der Waals surface area contributed by atoms with Crippen LogP contribution in [0.15, 0.2) is 54.8 Å². The SMILES string of the molecule is O=[N+]([O-])c1c[nH]c(C2=CCCCC2)c1/C=C/C=C/c1ccccc1. The summed E-state index contributed by atoms with van der Waals surface area (Å²) in [5, 5.41) is 11.3. The highest BCUT2D eigenvalue weighted by Crippen LogP contribution is 2.33. The molecule has 3 rings (SSSR count). The summed E-state index contributed by atoms with van der Waals surface area (Å²) in [5.41, 5.74) is 3.94. The maximum Gasteiger partial charge on any atom is 0.294 e. The molecule has 1 aromatic carbocycles. The van der Waals surface area contributed by atoms with Gasteiger partial charge in [0.1, 0.15) is 0 Å². The highest BCUT2D eigenvalue weighted by Gasteiger charge is 2.20. The van der Waals surface area contributed by atoms with Gasteiger partial charge in [-0.15, -0.1) is 0 Å². The van der Waals surface area contributed by atoms with Crippen LogP contribution in [0.25, 0.3) is 17.7 Å². The van der Waals surface area contributed by atoms with Crippen molar-refractivity contribution < 1.29 is 4.92 Å². The summed E-state index contributed by atoms with van der Waals surface area (Å²) in [7, 11) is 0. The number of nitrogens with one attached hydrogen (secondary N) is 1. The minimum atomic E-state index is -0.329. The third kappa shape index (κ3) is 3.71. The molecule has 0 unspecified atom stereocenters. The molecule has 0 saturated heterocycles. The van der Waals surface area contributed by atoms with Gasteiger partial charge in [0.2, 0.25) is 0 Å². The molecule has 1 heterocycles. The Morgan fingerprint density at radius 2 is 1.88 bits per heavy atom. The zero-order valence-electron chi connectivity index (χ0n) is 13.4. The molecule has 4 nitrogen and oxygen atoms in total. The monoisotopic (exact) mass is 320 g/mol. The second-order valence-electron chi connectivity index (χ2n) is 5.82. The van der Waals surface area contributed by atoms with Crippen molar-refractivity contribution >= 4 is 23.4 Å².